The van der Waals surface area contributed by atoms with Crippen LogP contribution >= 0.6 is 0 Å². The van der Waals surface area contributed by atoms with Crippen LogP contribution in [0.2, 0.25) is 0 Å². The minimum atomic E-state index is -3.58. The zero-order chi connectivity index (χ0) is 24.6. The van der Waals surface area contributed by atoms with Crippen molar-refractivity contribution in [3.63, 3.8) is 0 Å². The molecule has 4 aromatic rings. The Hall–Kier alpha value is -3.07. The molecule has 0 bridgehead atoms. The van der Waals surface area contributed by atoms with Crippen LogP contribution < -0.4 is 5.56 Å². The van der Waals surface area contributed by atoms with Crippen LogP contribution in [0.1, 0.15) is 32.1 Å². The molecular weight excluding hydrogens is 460 g/mol. The van der Waals surface area contributed by atoms with Crippen LogP contribution in [0.3, 0.4) is 0 Å². The molecule has 1 atom stereocenters. The monoisotopic (exact) mass is 490 g/mol. The zero-order valence-electron chi connectivity index (χ0n) is 20.1. The summed E-state index contributed by atoms with van der Waals surface area (Å²) in [5.74, 6) is 0.737. The summed E-state index contributed by atoms with van der Waals surface area (Å²) in [7, 11) is -3.58. The Bertz CT molecular complexity index is 1540. The molecule has 0 aliphatic carbocycles. The average molecular weight is 491 g/mol. The minimum Gasteiger partial charge on any atom is -0.295 e. The van der Waals surface area contributed by atoms with E-state index in [-0.39, 0.29) is 11.6 Å². The first-order valence-corrected chi connectivity index (χ1v) is 13.6. The van der Waals surface area contributed by atoms with E-state index in [1.165, 1.54) is 0 Å². The number of fused-ring (bicyclic) bond motifs is 2. The third kappa shape index (κ3) is 4.37. The van der Waals surface area contributed by atoms with Gasteiger partial charge in [0.15, 0.2) is 0 Å². The zero-order valence-corrected chi connectivity index (χ0v) is 20.9. The fraction of sp³-hybridized carbons (Fsp3) is 0.333. The molecule has 7 nitrogen and oxygen atoms in total. The summed E-state index contributed by atoms with van der Waals surface area (Å²) in [6.07, 6.45) is 0.831. The van der Waals surface area contributed by atoms with E-state index in [2.05, 4.69) is 11.8 Å². The van der Waals surface area contributed by atoms with E-state index in [4.69, 9.17) is 4.98 Å². The van der Waals surface area contributed by atoms with Crippen molar-refractivity contribution in [2.24, 2.45) is 0 Å². The third-order valence-corrected chi connectivity index (χ3v) is 8.79. The lowest BCUT2D eigenvalue weighted by Crippen LogP contribution is -2.49. The van der Waals surface area contributed by atoms with Gasteiger partial charge in [-0.2, -0.15) is 4.31 Å². The molecule has 8 heteroatoms. The van der Waals surface area contributed by atoms with Crippen LogP contribution in [-0.4, -0.2) is 53.4 Å². The minimum absolute atomic E-state index is 0.0168. The van der Waals surface area contributed by atoms with Crippen molar-refractivity contribution in [1.29, 1.82) is 0 Å². The van der Waals surface area contributed by atoms with E-state index < -0.39 is 10.0 Å². The van der Waals surface area contributed by atoms with Crippen molar-refractivity contribution in [3.05, 3.63) is 82.9 Å². The summed E-state index contributed by atoms with van der Waals surface area (Å²) in [6, 6.07) is 20.4. The molecule has 1 aromatic heterocycles. The molecule has 0 saturated carbocycles. The first-order valence-electron chi connectivity index (χ1n) is 12.1. The summed E-state index contributed by atoms with van der Waals surface area (Å²) in [4.78, 5) is 20.6. The van der Waals surface area contributed by atoms with Crippen molar-refractivity contribution in [2.75, 3.05) is 26.2 Å². The van der Waals surface area contributed by atoms with E-state index in [0.717, 1.165) is 23.0 Å². The molecule has 0 radical (unpaired) electrons. The third-order valence-electron chi connectivity index (χ3n) is 6.89. The Kier molecular flexibility index (Phi) is 6.44. The van der Waals surface area contributed by atoms with Crippen molar-refractivity contribution < 1.29 is 8.42 Å². The first kappa shape index (κ1) is 23.7. The van der Waals surface area contributed by atoms with Crippen LogP contribution in [0.5, 0.6) is 0 Å². The van der Waals surface area contributed by atoms with Gasteiger partial charge in [0.2, 0.25) is 10.0 Å². The second-order valence-electron chi connectivity index (χ2n) is 9.07. The second kappa shape index (κ2) is 9.53. The maximum absolute atomic E-state index is 13.4. The van der Waals surface area contributed by atoms with Gasteiger partial charge >= 0.3 is 0 Å². The maximum atomic E-state index is 13.4. The highest BCUT2D eigenvalue weighted by Crippen LogP contribution is 2.26. The summed E-state index contributed by atoms with van der Waals surface area (Å²) in [5.41, 5.74) is 0.682. The van der Waals surface area contributed by atoms with Gasteiger partial charge in [-0.3, -0.25) is 14.3 Å². The molecule has 0 amide bonds. The molecular formula is C27H30N4O3S. The molecule has 1 aliphatic heterocycles. The van der Waals surface area contributed by atoms with Crippen molar-refractivity contribution in [1.82, 2.24) is 18.8 Å². The summed E-state index contributed by atoms with van der Waals surface area (Å²) < 4.78 is 30.1. The SMILES string of the molecule is CCCn1c(C(C)N2CCN(S(=O)(=O)c3ccc4ccccc4c3)CC2)nc2ccccc2c1=O. The predicted molar refractivity (Wildman–Crippen MR) is 139 cm³/mol. The number of nitrogens with zero attached hydrogens (tertiary/aromatic N) is 4. The molecule has 1 fully saturated rings. The first-order chi connectivity index (χ1) is 16.9. The lowest BCUT2D eigenvalue weighted by atomic mass is 10.1. The predicted octanol–water partition coefficient (Wildman–Crippen LogP) is 4.03. The van der Waals surface area contributed by atoms with Crippen molar-refractivity contribution >= 4 is 31.7 Å². The van der Waals surface area contributed by atoms with Gasteiger partial charge in [0.05, 0.1) is 21.8 Å². The number of benzene rings is 3. The van der Waals surface area contributed by atoms with E-state index in [1.54, 1.807) is 21.0 Å². The Morgan fingerprint density at radius 2 is 1.60 bits per heavy atom. The van der Waals surface area contributed by atoms with Gasteiger partial charge in [-0.25, -0.2) is 13.4 Å². The molecule has 2 heterocycles. The number of para-hydroxylation sites is 1. The molecule has 5 rings (SSSR count). The van der Waals surface area contributed by atoms with E-state index >= 15 is 0 Å². The average Bonchev–Trinajstić information content (AvgIpc) is 2.89. The molecule has 0 spiro atoms. The van der Waals surface area contributed by atoms with E-state index in [1.807, 2.05) is 61.5 Å². The van der Waals surface area contributed by atoms with Crippen LogP contribution in [0.25, 0.3) is 21.7 Å². The van der Waals surface area contributed by atoms with E-state index in [9.17, 15) is 13.2 Å². The topological polar surface area (TPSA) is 75.5 Å². The smallest absolute Gasteiger partial charge is 0.261 e. The van der Waals surface area contributed by atoms with Gasteiger partial charge in [-0.05, 0) is 48.4 Å². The Morgan fingerprint density at radius 1 is 0.914 bits per heavy atom. The lowest BCUT2D eigenvalue weighted by molar-refractivity contribution is 0.138. The van der Waals surface area contributed by atoms with Gasteiger partial charge in [-0.1, -0.05) is 49.4 Å². The highest BCUT2D eigenvalue weighted by Gasteiger charge is 2.31. The normalized spacial score (nSPS) is 16.6. The quantitative estimate of drug-likeness (QED) is 0.408. The fourth-order valence-corrected chi connectivity index (χ4v) is 6.37. The largest absolute Gasteiger partial charge is 0.295 e. The molecule has 35 heavy (non-hydrogen) atoms. The molecule has 3 aromatic carbocycles. The number of hydrogen-bond donors (Lipinski definition) is 0. The van der Waals surface area contributed by atoms with Crippen molar-refractivity contribution in [3.8, 4) is 0 Å². The number of aromatic nitrogens is 2. The number of piperazine rings is 1. The Labute approximate surface area is 205 Å². The molecule has 0 N–H and O–H groups in total. The highest BCUT2D eigenvalue weighted by atomic mass is 32.2. The van der Waals surface area contributed by atoms with Gasteiger partial charge in [0.25, 0.3) is 5.56 Å². The molecule has 1 saturated heterocycles. The fourth-order valence-electron chi connectivity index (χ4n) is 4.92. The summed E-state index contributed by atoms with van der Waals surface area (Å²) in [5, 5.41) is 2.56. The van der Waals surface area contributed by atoms with Gasteiger partial charge in [0, 0.05) is 32.7 Å². The van der Waals surface area contributed by atoms with Crippen LogP contribution in [0, 0.1) is 0 Å². The van der Waals surface area contributed by atoms with Gasteiger partial charge < -0.3 is 0 Å². The van der Waals surface area contributed by atoms with Crippen LogP contribution in [-0.2, 0) is 16.6 Å². The van der Waals surface area contributed by atoms with E-state index in [0.29, 0.717) is 48.5 Å². The van der Waals surface area contributed by atoms with Gasteiger partial charge in [-0.15, -0.1) is 0 Å². The standard InChI is InChI=1S/C27H30N4O3S/c1-3-14-31-26(28-25-11-7-6-10-24(25)27(31)32)20(2)29-15-17-30(18-16-29)35(33,34)23-13-12-21-8-4-5-9-22(21)19-23/h4-13,19-20H,3,14-18H2,1-2H3. The number of rotatable bonds is 6. The maximum Gasteiger partial charge on any atom is 0.261 e. The van der Waals surface area contributed by atoms with Gasteiger partial charge in [0.1, 0.15) is 5.82 Å². The Morgan fingerprint density at radius 3 is 2.34 bits per heavy atom. The lowest BCUT2D eigenvalue weighted by Gasteiger charge is -2.37. The van der Waals surface area contributed by atoms with Crippen LogP contribution in [0.4, 0.5) is 0 Å². The second-order valence-corrected chi connectivity index (χ2v) is 11.0. The summed E-state index contributed by atoms with van der Waals surface area (Å²) >= 11 is 0. The molecule has 1 aliphatic rings. The van der Waals surface area contributed by atoms with Crippen molar-refractivity contribution in [2.45, 2.75) is 37.8 Å². The van der Waals surface area contributed by atoms with Crippen LogP contribution in [0.15, 0.2) is 76.4 Å². The highest BCUT2D eigenvalue weighted by molar-refractivity contribution is 7.89. The Balaban J connectivity index is 1.38. The number of hydrogen-bond acceptors (Lipinski definition) is 5. The molecule has 1 unspecified atom stereocenters. The molecule has 182 valence electrons. The number of sulfonamides is 1. The summed E-state index contributed by atoms with van der Waals surface area (Å²) in [6.45, 7) is 6.64.